The summed E-state index contributed by atoms with van der Waals surface area (Å²) in [7, 11) is 1.75. The maximum atomic E-state index is 14.3. The molecule has 5 rings (SSSR count). The van der Waals surface area contributed by atoms with E-state index in [0.29, 0.717) is 28.9 Å². The Kier molecular flexibility index (Phi) is 4.83. The first kappa shape index (κ1) is 21.0. The quantitative estimate of drug-likeness (QED) is 0.371. The van der Waals surface area contributed by atoms with Crippen LogP contribution >= 0.6 is 0 Å². The summed E-state index contributed by atoms with van der Waals surface area (Å²) in [6.07, 6.45) is 0. The number of hydrogen-bond acceptors (Lipinski definition) is 5. The molecule has 0 aromatic heterocycles. The Morgan fingerprint density at radius 3 is 2.48 bits per heavy atom. The molecule has 1 unspecified atom stereocenters. The van der Waals surface area contributed by atoms with E-state index in [1.807, 2.05) is 0 Å². The van der Waals surface area contributed by atoms with Crippen LogP contribution in [0.2, 0.25) is 0 Å². The van der Waals surface area contributed by atoms with E-state index in [4.69, 9.17) is 0 Å². The fourth-order valence-corrected chi connectivity index (χ4v) is 5.34. The van der Waals surface area contributed by atoms with Crippen molar-refractivity contribution >= 4 is 23.1 Å². The predicted octanol–water partition coefficient (Wildman–Crippen LogP) is 4.11. The summed E-state index contributed by atoms with van der Waals surface area (Å²) in [5.41, 5.74) is 0.587. The number of carbonyl (C=O) groups excluding carboxylic acids is 2. The number of rotatable bonds is 4. The Labute approximate surface area is 189 Å². The van der Waals surface area contributed by atoms with Crippen LogP contribution in [0.3, 0.4) is 0 Å². The monoisotopic (exact) mass is 445 g/mol. The van der Waals surface area contributed by atoms with E-state index in [-0.39, 0.29) is 17.4 Å². The van der Waals surface area contributed by atoms with E-state index >= 15 is 0 Å². The zero-order chi connectivity index (χ0) is 23.3. The number of nitro benzene ring substituents is 1. The van der Waals surface area contributed by atoms with Crippen LogP contribution in [-0.2, 0) is 10.3 Å². The third kappa shape index (κ3) is 3.06. The molecule has 2 aliphatic rings. The fourth-order valence-electron chi connectivity index (χ4n) is 5.34. The molecule has 3 aromatic carbocycles. The summed E-state index contributed by atoms with van der Waals surface area (Å²) in [6.45, 7) is 0.338. The lowest BCUT2D eigenvalue weighted by Gasteiger charge is -2.35. The Morgan fingerprint density at radius 1 is 1.12 bits per heavy atom. The number of halogens is 1. The molecular weight excluding hydrogens is 425 g/mol. The third-order valence-electron chi connectivity index (χ3n) is 6.78. The van der Waals surface area contributed by atoms with Gasteiger partial charge in [-0.25, -0.2) is 4.39 Å². The molecule has 0 aliphatic carbocycles. The lowest BCUT2D eigenvalue weighted by Crippen LogP contribution is -2.51. The van der Waals surface area contributed by atoms with Crippen molar-refractivity contribution in [3.63, 3.8) is 0 Å². The standard InChI is InChI=1S/C25H20FN3O4/c1-28-14-19(15-7-10-18(11-8-15)29(32)33)22(23(30)16-5-3-2-4-6-16)25(28)20-13-17(26)9-12-21(20)27-24(25)31/h2-13,19,22H,14H2,1H3,(H,27,31)/t19-,22?,25-/m1/s1. The van der Waals surface area contributed by atoms with Gasteiger partial charge in [0.1, 0.15) is 11.4 Å². The molecule has 8 heteroatoms. The van der Waals surface area contributed by atoms with Crippen LogP contribution in [0.5, 0.6) is 0 Å². The van der Waals surface area contributed by atoms with Crippen molar-refractivity contribution in [3.8, 4) is 0 Å². The molecular formula is C25H20FN3O4. The number of nitrogens with one attached hydrogen (secondary N) is 1. The molecule has 1 saturated heterocycles. The molecule has 0 radical (unpaired) electrons. The topological polar surface area (TPSA) is 92.5 Å². The van der Waals surface area contributed by atoms with Crippen molar-refractivity contribution in [1.82, 2.24) is 4.90 Å². The summed E-state index contributed by atoms with van der Waals surface area (Å²) in [5, 5.41) is 13.9. The molecule has 0 saturated carbocycles. The lowest BCUT2D eigenvalue weighted by atomic mass is 9.70. The van der Waals surface area contributed by atoms with Crippen LogP contribution in [0, 0.1) is 21.8 Å². The van der Waals surface area contributed by atoms with Crippen LogP contribution in [-0.4, -0.2) is 35.1 Å². The molecule has 3 aromatic rings. The summed E-state index contributed by atoms with van der Waals surface area (Å²) < 4.78 is 14.3. The first-order chi connectivity index (χ1) is 15.8. The minimum Gasteiger partial charge on any atom is -0.324 e. The number of carbonyl (C=O) groups is 2. The van der Waals surface area contributed by atoms with Crippen molar-refractivity contribution in [1.29, 1.82) is 0 Å². The lowest BCUT2D eigenvalue weighted by molar-refractivity contribution is -0.384. The maximum Gasteiger partial charge on any atom is 0.269 e. The van der Waals surface area contributed by atoms with Crippen molar-refractivity contribution < 1.29 is 18.9 Å². The average molecular weight is 445 g/mol. The second-order valence-electron chi connectivity index (χ2n) is 8.45. The molecule has 1 fully saturated rings. The third-order valence-corrected chi connectivity index (χ3v) is 6.78. The van der Waals surface area contributed by atoms with E-state index in [1.54, 1.807) is 54.4 Å². The van der Waals surface area contributed by atoms with Gasteiger partial charge >= 0.3 is 0 Å². The maximum absolute atomic E-state index is 14.3. The molecule has 3 atom stereocenters. The average Bonchev–Trinajstić information content (AvgIpc) is 3.29. The number of nitrogens with zero attached hydrogens (tertiary/aromatic N) is 2. The molecule has 2 aliphatic heterocycles. The molecule has 0 bridgehead atoms. The van der Waals surface area contributed by atoms with Crippen LogP contribution in [0.4, 0.5) is 15.8 Å². The number of Topliss-reactive ketones (excluding diaryl/α,β-unsaturated/α-hetero) is 1. The summed E-state index contributed by atoms with van der Waals surface area (Å²) in [4.78, 5) is 39.9. The summed E-state index contributed by atoms with van der Waals surface area (Å²) in [5.74, 6) is -2.43. The number of non-ortho nitro benzene ring substituents is 1. The minimum atomic E-state index is -1.41. The van der Waals surface area contributed by atoms with E-state index < -0.39 is 28.1 Å². The van der Waals surface area contributed by atoms with E-state index in [1.165, 1.54) is 30.3 Å². The van der Waals surface area contributed by atoms with Crippen molar-refractivity contribution in [2.24, 2.45) is 5.92 Å². The fraction of sp³-hybridized carbons (Fsp3) is 0.200. The van der Waals surface area contributed by atoms with Gasteiger partial charge in [0.25, 0.3) is 5.69 Å². The van der Waals surface area contributed by atoms with Gasteiger partial charge in [-0.2, -0.15) is 0 Å². The van der Waals surface area contributed by atoms with E-state index in [9.17, 15) is 24.1 Å². The Bertz CT molecular complexity index is 1280. The van der Waals surface area contributed by atoms with Crippen LogP contribution in [0.15, 0.2) is 72.8 Å². The number of fused-ring (bicyclic) bond motifs is 2. The van der Waals surface area contributed by atoms with Crippen molar-refractivity contribution in [2.75, 3.05) is 18.9 Å². The Balaban J connectivity index is 1.71. The number of nitro groups is 1. The van der Waals surface area contributed by atoms with E-state index in [0.717, 1.165) is 0 Å². The summed E-state index contributed by atoms with van der Waals surface area (Å²) in [6, 6.07) is 18.8. The molecule has 1 amide bonds. The number of anilines is 1. The van der Waals surface area contributed by atoms with Gasteiger partial charge in [-0.1, -0.05) is 42.5 Å². The van der Waals surface area contributed by atoms with Gasteiger partial charge in [0.15, 0.2) is 5.78 Å². The van der Waals surface area contributed by atoms with Gasteiger partial charge < -0.3 is 5.32 Å². The van der Waals surface area contributed by atoms with Gasteiger partial charge in [0.2, 0.25) is 5.91 Å². The van der Waals surface area contributed by atoms with Gasteiger partial charge in [-0.3, -0.25) is 24.6 Å². The van der Waals surface area contributed by atoms with Crippen molar-refractivity contribution in [3.05, 3.63) is 105 Å². The highest BCUT2D eigenvalue weighted by Crippen LogP contribution is 2.55. The zero-order valence-corrected chi connectivity index (χ0v) is 17.7. The van der Waals surface area contributed by atoms with Crippen LogP contribution in [0.25, 0.3) is 0 Å². The smallest absolute Gasteiger partial charge is 0.269 e. The Hall–Kier alpha value is -3.91. The normalized spacial score (nSPS) is 24.0. The van der Waals surface area contributed by atoms with Crippen LogP contribution in [0.1, 0.15) is 27.4 Å². The number of hydrogen-bond donors (Lipinski definition) is 1. The molecule has 2 heterocycles. The highest BCUT2D eigenvalue weighted by Gasteiger charge is 2.64. The Morgan fingerprint density at radius 2 is 1.82 bits per heavy atom. The molecule has 7 nitrogen and oxygen atoms in total. The zero-order valence-electron chi connectivity index (χ0n) is 17.7. The number of ketones is 1. The first-order valence-corrected chi connectivity index (χ1v) is 10.5. The van der Waals surface area contributed by atoms with Crippen LogP contribution < -0.4 is 5.32 Å². The first-order valence-electron chi connectivity index (χ1n) is 10.5. The number of benzene rings is 3. The molecule has 1 N–H and O–H groups in total. The molecule has 166 valence electrons. The molecule has 33 heavy (non-hydrogen) atoms. The van der Waals surface area contributed by atoms with Gasteiger partial charge in [-0.05, 0) is 30.8 Å². The second kappa shape index (κ2) is 7.60. The van der Waals surface area contributed by atoms with E-state index in [2.05, 4.69) is 5.32 Å². The number of amides is 1. The van der Waals surface area contributed by atoms with Gasteiger partial charge in [0.05, 0.1) is 10.8 Å². The second-order valence-corrected chi connectivity index (χ2v) is 8.45. The number of likely N-dealkylation sites (N-methyl/N-ethyl adjacent to an activating group) is 1. The number of likely N-dealkylation sites (tertiary alicyclic amines) is 1. The summed E-state index contributed by atoms with van der Waals surface area (Å²) >= 11 is 0. The highest BCUT2D eigenvalue weighted by atomic mass is 19.1. The largest absolute Gasteiger partial charge is 0.324 e. The predicted molar refractivity (Wildman–Crippen MR) is 119 cm³/mol. The SMILES string of the molecule is CN1C[C@H](c2ccc([N+](=O)[O-])cc2)C(C(=O)c2ccccc2)[C@]12C(=O)Nc1ccc(F)cc12. The minimum absolute atomic E-state index is 0.0585. The van der Waals surface area contributed by atoms with Crippen molar-refractivity contribution in [2.45, 2.75) is 11.5 Å². The highest BCUT2D eigenvalue weighted by molar-refractivity contribution is 6.12. The van der Waals surface area contributed by atoms with Gasteiger partial charge in [0, 0.05) is 41.4 Å². The van der Waals surface area contributed by atoms with Gasteiger partial charge in [-0.15, -0.1) is 0 Å². The molecule has 1 spiro atoms.